The van der Waals surface area contributed by atoms with Crippen LogP contribution in [0.25, 0.3) is 5.69 Å². The minimum absolute atomic E-state index is 0.173. The van der Waals surface area contributed by atoms with Crippen molar-refractivity contribution in [3.63, 3.8) is 0 Å². The molecule has 1 aromatic carbocycles. The Bertz CT molecular complexity index is 1050. The lowest BCUT2D eigenvalue weighted by Crippen LogP contribution is -2.43. The van der Waals surface area contributed by atoms with Crippen molar-refractivity contribution in [1.29, 1.82) is 0 Å². The summed E-state index contributed by atoms with van der Waals surface area (Å²) in [7, 11) is 0. The van der Waals surface area contributed by atoms with E-state index in [0.29, 0.717) is 43.2 Å². The molecule has 0 spiro atoms. The minimum Gasteiger partial charge on any atom is -0.378 e. The number of benzene rings is 1. The van der Waals surface area contributed by atoms with Gasteiger partial charge >= 0.3 is 5.69 Å². The van der Waals surface area contributed by atoms with E-state index in [1.54, 1.807) is 40.6 Å². The number of hydrogen-bond donors (Lipinski definition) is 1. The van der Waals surface area contributed by atoms with Crippen LogP contribution < -0.4 is 11.0 Å². The van der Waals surface area contributed by atoms with Gasteiger partial charge in [-0.05, 0) is 46.1 Å². The van der Waals surface area contributed by atoms with Crippen LogP contribution in [0, 0.1) is 0 Å². The van der Waals surface area contributed by atoms with Gasteiger partial charge in [0.05, 0.1) is 24.5 Å². The van der Waals surface area contributed by atoms with Crippen molar-refractivity contribution in [2.24, 2.45) is 0 Å². The topological polar surface area (TPSA) is 111 Å². The Kier molecular flexibility index (Phi) is 5.49. The number of ether oxygens (including phenoxy) is 1. The van der Waals surface area contributed by atoms with Crippen molar-refractivity contribution < 1.29 is 14.3 Å². The molecule has 0 unspecified atom stereocenters. The Labute approximate surface area is 169 Å². The second kappa shape index (κ2) is 8.37. The van der Waals surface area contributed by atoms with Crippen LogP contribution in [0.5, 0.6) is 0 Å². The van der Waals surface area contributed by atoms with Gasteiger partial charge < -0.3 is 15.0 Å². The summed E-state index contributed by atoms with van der Waals surface area (Å²) in [4.78, 5) is 38.6. The summed E-state index contributed by atoms with van der Waals surface area (Å²) in [5.74, 6) is -0.405. The lowest BCUT2D eigenvalue weighted by molar-refractivity contribution is -0.136. The van der Waals surface area contributed by atoms with Crippen LogP contribution in [0.1, 0.15) is 10.4 Å². The van der Waals surface area contributed by atoms with Gasteiger partial charge in [0.1, 0.15) is 6.54 Å². The number of tetrazole rings is 1. The number of hydrogen-bond acceptors (Lipinski definition) is 7. The highest BCUT2D eigenvalue weighted by Crippen LogP contribution is 2.14. The molecule has 3 heterocycles. The van der Waals surface area contributed by atoms with Crippen LogP contribution >= 0.6 is 11.3 Å². The van der Waals surface area contributed by atoms with Gasteiger partial charge in [-0.3, -0.25) is 9.59 Å². The fourth-order valence-electron chi connectivity index (χ4n) is 2.86. The molecule has 10 nitrogen and oxygen atoms in total. The fraction of sp³-hybridized carbons (Fsp3) is 0.278. The molecule has 1 fully saturated rings. The third-order valence-corrected chi connectivity index (χ3v) is 5.12. The Balaban J connectivity index is 1.44. The van der Waals surface area contributed by atoms with Crippen LogP contribution in [-0.4, -0.2) is 62.8 Å². The predicted molar refractivity (Wildman–Crippen MR) is 105 cm³/mol. The number of carbonyl (C=O) groups is 2. The number of nitrogens with one attached hydrogen (secondary N) is 1. The zero-order valence-corrected chi connectivity index (χ0v) is 16.2. The molecule has 1 aliphatic heterocycles. The van der Waals surface area contributed by atoms with Gasteiger partial charge in [0.2, 0.25) is 5.91 Å². The Morgan fingerprint density at radius 2 is 1.86 bits per heavy atom. The molecule has 29 heavy (non-hydrogen) atoms. The van der Waals surface area contributed by atoms with Gasteiger partial charge in [0.25, 0.3) is 5.91 Å². The van der Waals surface area contributed by atoms with E-state index in [2.05, 4.69) is 15.7 Å². The third kappa shape index (κ3) is 4.25. The van der Waals surface area contributed by atoms with Gasteiger partial charge in [-0.25, -0.2) is 4.79 Å². The molecule has 1 saturated heterocycles. The van der Waals surface area contributed by atoms with E-state index >= 15 is 0 Å². The lowest BCUT2D eigenvalue weighted by Gasteiger charge is -2.26. The summed E-state index contributed by atoms with van der Waals surface area (Å²) in [6.07, 6.45) is 0. The third-order valence-electron chi connectivity index (χ3n) is 4.44. The molecule has 0 saturated carbocycles. The zero-order valence-electron chi connectivity index (χ0n) is 15.4. The highest BCUT2D eigenvalue weighted by molar-refractivity contribution is 7.08. The summed E-state index contributed by atoms with van der Waals surface area (Å²) in [6, 6.07) is 8.37. The number of amides is 2. The minimum atomic E-state index is -0.512. The molecule has 0 radical (unpaired) electrons. The maximum atomic E-state index is 12.5. The summed E-state index contributed by atoms with van der Waals surface area (Å²) in [5.41, 5.74) is 1.14. The Morgan fingerprint density at radius 1 is 1.10 bits per heavy atom. The summed E-state index contributed by atoms with van der Waals surface area (Å²) < 4.78 is 7.36. The van der Waals surface area contributed by atoms with E-state index in [4.69, 9.17) is 4.74 Å². The maximum absolute atomic E-state index is 12.5. The fourth-order valence-corrected chi connectivity index (χ4v) is 3.50. The van der Waals surface area contributed by atoms with Gasteiger partial charge in [0.15, 0.2) is 0 Å². The van der Waals surface area contributed by atoms with Crippen molar-refractivity contribution >= 4 is 28.8 Å². The van der Waals surface area contributed by atoms with Crippen molar-refractivity contribution in [2.45, 2.75) is 6.54 Å². The van der Waals surface area contributed by atoms with Gasteiger partial charge in [-0.1, -0.05) is 0 Å². The number of morpholine rings is 1. The smallest absolute Gasteiger partial charge is 0.368 e. The second-order valence-corrected chi connectivity index (χ2v) is 7.12. The average Bonchev–Trinajstić information content (AvgIpc) is 3.40. The number of thiophene rings is 1. The molecular weight excluding hydrogens is 396 g/mol. The first kappa shape index (κ1) is 19.0. The number of carbonyl (C=O) groups excluding carboxylic acids is 2. The molecule has 1 N–H and O–H groups in total. The first-order valence-corrected chi connectivity index (χ1v) is 9.88. The lowest BCUT2D eigenvalue weighted by atomic mass is 10.2. The van der Waals surface area contributed by atoms with Crippen molar-refractivity contribution in [3.8, 4) is 5.69 Å². The number of nitrogens with zero attached hydrogens (tertiary/aromatic N) is 5. The van der Waals surface area contributed by atoms with Crippen LogP contribution in [0.15, 0.2) is 45.9 Å². The molecule has 11 heteroatoms. The molecule has 0 aliphatic carbocycles. The standard InChI is InChI=1S/C18H18N6O4S/c25-16(22-6-8-28-9-7-22)11-23-18(27)24(21-20-23)15-3-1-14(2-4-15)19-17(26)13-5-10-29-12-13/h1-5,10,12H,6-9,11H2,(H,19,26). The predicted octanol–water partition coefficient (Wildman–Crippen LogP) is 0.602. The first-order valence-electron chi connectivity index (χ1n) is 8.94. The SMILES string of the molecule is O=C(Nc1ccc(-n2nnn(CC(=O)N3CCOCC3)c2=O)cc1)c1ccsc1. The molecule has 0 bridgehead atoms. The van der Waals surface area contributed by atoms with Crippen LogP contribution in [0.3, 0.4) is 0 Å². The van der Waals surface area contributed by atoms with Gasteiger partial charge in [0, 0.05) is 24.2 Å². The average molecular weight is 414 g/mol. The van der Waals surface area contributed by atoms with Crippen LogP contribution in [0.2, 0.25) is 0 Å². The molecule has 1 aliphatic rings. The van der Waals surface area contributed by atoms with E-state index in [9.17, 15) is 14.4 Å². The Hall–Kier alpha value is -3.31. The monoisotopic (exact) mass is 414 g/mol. The van der Waals surface area contributed by atoms with Gasteiger partial charge in [-0.15, -0.1) is 0 Å². The molecule has 150 valence electrons. The summed E-state index contributed by atoms with van der Waals surface area (Å²) in [5, 5.41) is 14.0. The van der Waals surface area contributed by atoms with E-state index in [0.717, 1.165) is 9.36 Å². The van der Waals surface area contributed by atoms with Crippen molar-refractivity contribution in [3.05, 3.63) is 57.1 Å². The zero-order chi connectivity index (χ0) is 20.2. The second-order valence-electron chi connectivity index (χ2n) is 6.34. The maximum Gasteiger partial charge on any atom is 0.368 e. The molecular formula is C18H18N6O4S. The van der Waals surface area contributed by atoms with E-state index < -0.39 is 5.69 Å². The van der Waals surface area contributed by atoms with Crippen LogP contribution in [-0.2, 0) is 16.1 Å². The van der Waals surface area contributed by atoms with E-state index in [1.807, 2.05) is 5.38 Å². The number of aromatic nitrogens is 4. The summed E-state index contributed by atoms with van der Waals surface area (Å²) >= 11 is 1.45. The van der Waals surface area contributed by atoms with Gasteiger partial charge in [-0.2, -0.15) is 20.7 Å². The van der Waals surface area contributed by atoms with E-state index in [1.165, 1.54) is 11.3 Å². The largest absolute Gasteiger partial charge is 0.378 e. The molecule has 3 aromatic rings. The Morgan fingerprint density at radius 3 is 2.55 bits per heavy atom. The summed E-state index contributed by atoms with van der Waals surface area (Å²) in [6.45, 7) is 1.80. The van der Waals surface area contributed by atoms with Crippen LogP contribution in [0.4, 0.5) is 5.69 Å². The van der Waals surface area contributed by atoms with Crippen molar-refractivity contribution in [1.82, 2.24) is 24.7 Å². The molecule has 0 atom stereocenters. The molecule has 2 amide bonds. The normalized spacial score (nSPS) is 14.0. The molecule has 2 aromatic heterocycles. The van der Waals surface area contributed by atoms with Crippen molar-refractivity contribution in [2.75, 3.05) is 31.6 Å². The highest BCUT2D eigenvalue weighted by atomic mass is 32.1. The van der Waals surface area contributed by atoms with E-state index in [-0.39, 0.29) is 18.4 Å². The quantitative estimate of drug-likeness (QED) is 0.655. The first-order chi connectivity index (χ1) is 14.1. The number of rotatable bonds is 5. The molecule has 4 rings (SSSR count). The number of anilines is 1. The highest BCUT2D eigenvalue weighted by Gasteiger charge is 2.19.